The van der Waals surface area contributed by atoms with Crippen LogP contribution in [0.1, 0.15) is 35.5 Å². The molecule has 0 radical (unpaired) electrons. The van der Waals surface area contributed by atoms with Crippen LogP contribution >= 0.6 is 0 Å². The number of hydrogen-bond donors (Lipinski definition) is 2. The number of rotatable bonds is 3. The van der Waals surface area contributed by atoms with Gasteiger partial charge in [-0.05, 0) is 37.6 Å². The highest BCUT2D eigenvalue weighted by Gasteiger charge is 2.38. The summed E-state index contributed by atoms with van der Waals surface area (Å²) in [4.78, 5) is 24.1. The molecule has 2 aromatic rings. The molecule has 114 valence electrons. The van der Waals surface area contributed by atoms with E-state index in [1.807, 2.05) is 39.2 Å². The van der Waals surface area contributed by atoms with Crippen LogP contribution in [0.25, 0.3) is 0 Å². The lowest BCUT2D eigenvalue weighted by molar-refractivity contribution is -0.119. The van der Waals surface area contributed by atoms with Crippen molar-refractivity contribution in [2.45, 2.75) is 25.8 Å². The van der Waals surface area contributed by atoms with Crippen LogP contribution in [0.4, 0.5) is 5.69 Å². The molecule has 2 heterocycles. The van der Waals surface area contributed by atoms with Gasteiger partial charge in [-0.15, -0.1) is 0 Å². The van der Waals surface area contributed by atoms with E-state index in [0.717, 1.165) is 11.3 Å². The van der Waals surface area contributed by atoms with Crippen LogP contribution in [0.2, 0.25) is 0 Å². The van der Waals surface area contributed by atoms with Gasteiger partial charge >= 0.3 is 0 Å². The fourth-order valence-electron chi connectivity index (χ4n) is 2.57. The Morgan fingerprint density at radius 2 is 2.14 bits per heavy atom. The highest BCUT2D eigenvalue weighted by Crippen LogP contribution is 2.37. The molecule has 2 amide bonds. The van der Waals surface area contributed by atoms with Crippen molar-refractivity contribution in [2.75, 3.05) is 5.32 Å². The van der Waals surface area contributed by atoms with Gasteiger partial charge in [0.15, 0.2) is 0 Å². The number of amides is 2. The van der Waals surface area contributed by atoms with E-state index in [0.29, 0.717) is 17.8 Å². The van der Waals surface area contributed by atoms with Crippen molar-refractivity contribution in [3.05, 3.63) is 47.3 Å². The maximum Gasteiger partial charge on any atom is 0.251 e. The number of carbonyl (C=O) groups is 2. The number of fused-ring (bicyclic) bond motifs is 1. The largest absolute Gasteiger partial charge is 0.346 e. The number of benzene rings is 1. The third-order valence-electron chi connectivity index (χ3n) is 3.97. The average Bonchev–Trinajstić information content (AvgIpc) is 2.98. The second-order valence-corrected chi connectivity index (χ2v) is 6.00. The fraction of sp³-hybridized carbons (Fsp3) is 0.312. The van der Waals surface area contributed by atoms with E-state index in [-0.39, 0.29) is 11.8 Å². The van der Waals surface area contributed by atoms with Crippen LogP contribution in [0.15, 0.2) is 30.5 Å². The van der Waals surface area contributed by atoms with Gasteiger partial charge in [-0.3, -0.25) is 14.3 Å². The number of aromatic nitrogens is 2. The normalized spacial score (nSPS) is 15.3. The molecule has 1 aliphatic rings. The summed E-state index contributed by atoms with van der Waals surface area (Å²) < 4.78 is 1.69. The standard InChI is InChI=1S/C16H18N4O2/c1-16(2)12-5-4-10(8-13(12)18-15(16)22)14(21)17-9-11-6-7-20(3)19-11/h4-8H,9H2,1-3H3,(H,17,21)(H,18,22). The summed E-state index contributed by atoms with van der Waals surface area (Å²) in [6, 6.07) is 7.15. The van der Waals surface area contributed by atoms with Crippen molar-refractivity contribution in [2.24, 2.45) is 7.05 Å². The Hall–Kier alpha value is -2.63. The highest BCUT2D eigenvalue weighted by atomic mass is 16.2. The van der Waals surface area contributed by atoms with Gasteiger partial charge in [0.05, 0.1) is 17.7 Å². The van der Waals surface area contributed by atoms with Crippen LogP contribution in [0, 0.1) is 0 Å². The number of anilines is 1. The van der Waals surface area contributed by atoms with Gasteiger partial charge in [0, 0.05) is 24.5 Å². The van der Waals surface area contributed by atoms with Crippen molar-refractivity contribution >= 4 is 17.5 Å². The summed E-state index contributed by atoms with van der Waals surface area (Å²) in [6.07, 6.45) is 1.83. The average molecular weight is 298 g/mol. The fourth-order valence-corrected chi connectivity index (χ4v) is 2.57. The van der Waals surface area contributed by atoms with Crippen molar-refractivity contribution < 1.29 is 9.59 Å². The van der Waals surface area contributed by atoms with Crippen molar-refractivity contribution in [1.29, 1.82) is 0 Å². The number of aryl methyl sites for hydroxylation is 1. The zero-order valence-electron chi connectivity index (χ0n) is 12.8. The smallest absolute Gasteiger partial charge is 0.251 e. The Morgan fingerprint density at radius 3 is 2.82 bits per heavy atom. The first-order valence-electron chi connectivity index (χ1n) is 7.10. The maximum absolute atomic E-state index is 12.2. The minimum Gasteiger partial charge on any atom is -0.346 e. The molecule has 2 N–H and O–H groups in total. The zero-order chi connectivity index (χ0) is 15.9. The SMILES string of the molecule is Cn1ccc(CNC(=O)c2ccc3c(c2)NC(=O)C3(C)C)n1. The zero-order valence-corrected chi connectivity index (χ0v) is 12.8. The number of nitrogens with zero attached hydrogens (tertiary/aromatic N) is 2. The summed E-state index contributed by atoms with van der Waals surface area (Å²) in [5.41, 5.74) is 2.39. The summed E-state index contributed by atoms with van der Waals surface area (Å²) in [5, 5.41) is 9.86. The van der Waals surface area contributed by atoms with Gasteiger partial charge in [-0.25, -0.2) is 0 Å². The molecule has 0 spiro atoms. The van der Waals surface area contributed by atoms with E-state index in [4.69, 9.17) is 0 Å². The number of carbonyl (C=O) groups excluding carboxylic acids is 2. The van der Waals surface area contributed by atoms with Crippen LogP contribution in [-0.2, 0) is 23.8 Å². The molecule has 1 aromatic carbocycles. The first-order valence-corrected chi connectivity index (χ1v) is 7.10. The van der Waals surface area contributed by atoms with E-state index >= 15 is 0 Å². The van der Waals surface area contributed by atoms with Gasteiger partial charge in [0.2, 0.25) is 5.91 Å². The molecule has 0 atom stereocenters. The van der Waals surface area contributed by atoms with Gasteiger partial charge in [-0.1, -0.05) is 6.07 Å². The topological polar surface area (TPSA) is 76.0 Å². The number of nitrogens with one attached hydrogen (secondary N) is 2. The van der Waals surface area contributed by atoms with Gasteiger partial charge < -0.3 is 10.6 Å². The van der Waals surface area contributed by atoms with E-state index < -0.39 is 5.41 Å². The quantitative estimate of drug-likeness (QED) is 0.903. The summed E-state index contributed by atoms with van der Waals surface area (Å²) in [7, 11) is 1.83. The van der Waals surface area contributed by atoms with Crippen LogP contribution in [0.5, 0.6) is 0 Å². The third-order valence-corrected chi connectivity index (χ3v) is 3.97. The first kappa shape index (κ1) is 14.3. The lowest BCUT2D eigenvalue weighted by Crippen LogP contribution is -2.26. The Morgan fingerprint density at radius 1 is 1.36 bits per heavy atom. The van der Waals surface area contributed by atoms with Gasteiger partial charge in [0.1, 0.15) is 0 Å². The van der Waals surface area contributed by atoms with E-state index in [1.165, 1.54) is 0 Å². The monoisotopic (exact) mass is 298 g/mol. The molecular weight excluding hydrogens is 280 g/mol. The molecule has 0 saturated carbocycles. The Bertz CT molecular complexity index is 761. The predicted octanol–water partition coefficient (Wildman–Crippen LogP) is 1.58. The molecular formula is C16H18N4O2. The summed E-state index contributed by atoms with van der Waals surface area (Å²) in [6.45, 7) is 4.11. The van der Waals surface area contributed by atoms with E-state index in [2.05, 4.69) is 15.7 Å². The highest BCUT2D eigenvalue weighted by molar-refractivity contribution is 6.07. The summed E-state index contributed by atoms with van der Waals surface area (Å²) in [5.74, 6) is -0.235. The molecule has 0 fully saturated rings. The minimum atomic E-state index is -0.557. The summed E-state index contributed by atoms with van der Waals surface area (Å²) >= 11 is 0. The molecule has 0 aliphatic carbocycles. The van der Waals surface area contributed by atoms with Crippen LogP contribution in [0.3, 0.4) is 0 Å². The lowest BCUT2D eigenvalue weighted by Gasteiger charge is -2.14. The molecule has 0 bridgehead atoms. The van der Waals surface area contributed by atoms with Gasteiger partial charge in [0.25, 0.3) is 5.91 Å². The third kappa shape index (κ3) is 2.36. The molecule has 1 aliphatic heterocycles. The first-order chi connectivity index (χ1) is 10.4. The van der Waals surface area contributed by atoms with E-state index in [9.17, 15) is 9.59 Å². The van der Waals surface area contributed by atoms with Crippen LogP contribution in [-0.4, -0.2) is 21.6 Å². The van der Waals surface area contributed by atoms with Crippen molar-refractivity contribution in [3.63, 3.8) is 0 Å². The number of hydrogen-bond acceptors (Lipinski definition) is 3. The predicted molar refractivity (Wildman–Crippen MR) is 82.5 cm³/mol. The molecule has 1 aromatic heterocycles. The Labute approximate surface area is 128 Å². The molecule has 0 unspecified atom stereocenters. The van der Waals surface area contributed by atoms with E-state index in [1.54, 1.807) is 16.8 Å². The van der Waals surface area contributed by atoms with Crippen molar-refractivity contribution in [1.82, 2.24) is 15.1 Å². The van der Waals surface area contributed by atoms with Gasteiger partial charge in [-0.2, -0.15) is 5.10 Å². The minimum absolute atomic E-state index is 0.0476. The molecule has 6 heteroatoms. The molecule has 3 rings (SSSR count). The molecule has 0 saturated heterocycles. The van der Waals surface area contributed by atoms with Crippen molar-refractivity contribution in [3.8, 4) is 0 Å². The maximum atomic E-state index is 12.2. The molecule has 22 heavy (non-hydrogen) atoms. The lowest BCUT2D eigenvalue weighted by atomic mass is 9.86. The second-order valence-electron chi connectivity index (χ2n) is 6.00. The second kappa shape index (κ2) is 4.98. The van der Waals surface area contributed by atoms with Crippen LogP contribution < -0.4 is 10.6 Å². The molecule has 6 nitrogen and oxygen atoms in total. The Kier molecular flexibility index (Phi) is 3.24. The Balaban J connectivity index is 1.75.